The number of benzene rings is 2. The normalized spacial score (nSPS) is 13.5. The summed E-state index contributed by atoms with van der Waals surface area (Å²) >= 11 is 0. The highest BCUT2D eigenvalue weighted by molar-refractivity contribution is 7.93. The van der Waals surface area contributed by atoms with Crippen LogP contribution in [0.15, 0.2) is 63.9 Å². The van der Waals surface area contributed by atoms with E-state index in [0.29, 0.717) is 16.1 Å². The molecule has 2 aromatic carbocycles. The van der Waals surface area contributed by atoms with Crippen molar-refractivity contribution in [2.75, 3.05) is 13.4 Å². The van der Waals surface area contributed by atoms with Crippen LogP contribution in [0.2, 0.25) is 0 Å². The molecule has 0 saturated carbocycles. The van der Waals surface area contributed by atoms with E-state index >= 15 is 0 Å². The largest absolute Gasteiger partial charge is 0.466 e. The number of hydrogen-bond donors (Lipinski definition) is 0. The van der Waals surface area contributed by atoms with Crippen LogP contribution in [0, 0.1) is 6.92 Å². The number of carbonyl (C=O) groups excluding carboxylic acids is 1. The maximum Gasteiger partial charge on any atom is 0.330 e. The highest BCUT2D eigenvalue weighted by Crippen LogP contribution is 2.26. The lowest BCUT2D eigenvalue weighted by molar-refractivity contribution is -0.134. The van der Waals surface area contributed by atoms with Gasteiger partial charge in [-0.05, 0) is 36.8 Å². The molecule has 0 amide bonds. The molecule has 0 radical (unpaired) electrons. The van der Waals surface area contributed by atoms with Crippen molar-refractivity contribution in [2.24, 2.45) is 4.36 Å². The Kier molecular flexibility index (Phi) is 5.34. The van der Waals surface area contributed by atoms with Gasteiger partial charge in [0.2, 0.25) is 0 Å². The number of methoxy groups -OCH3 is 1. The molecule has 120 valence electrons. The monoisotopic (exact) mass is 329 g/mol. The summed E-state index contributed by atoms with van der Waals surface area (Å²) in [7, 11) is -1.25. The molecule has 0 aromatic heterocycles. The van der Waals surface area contributed by atoms with Crippen LogP contribution < -0.4 is 0 Å². The van der Waals surface area contributed by atoms with Crippen LogP contribution in [0.5, 0.6) is 0 Å². The Bertz CT molecular complexity index is 848. The van der Waals surface area contributed by atoms with E-state index in [0.717, 1.165) is 5.56 Å². The highest BCUT2D eigenvalue weighted by Gasteiger charge is 2.08. The van der Waals surface area contributed by atoms with Gasteiger partial charge in [0.25, 0.3) is 0 Å². The summed E-state index contributed by atoms with van der Waals surface area (Å²) in [5.74, 6) is -0.447. The molecule has 0 fully saturated rings. The first-order valence-electron chi connectivity index (χ1n) is 7.06. The van der Waals surface area contributed by atoms with Crippen LogP contribution in [0.1, 0.15) is 11.1 Å². The van der Waals surface area contributed by atoms with E-state index in [1.54, 1.807) is 24.5 Å². The summed E-state index contributed by atoms with van der Waals surface area (Å²) in [6.45, 7) is 1.94. The van der Waals surface area contributed by atoms with Crippen molar-refractivity contribution in [2.45, 2.75) is 11.8 Å². The van der Waals surface area contributed by atoms with Gasteiger partial charge in [-0.1, -0.05) is 30.3 Å². The SMILES string of the molecule is COC(=O)/C=C/c1ccc(C)cc1N=[S@@](C)(=O)c1ccccc1. The molecule has 2 aromatic rings. The van der Waals surface area contributed by atoms with Crippen LogP contribution in [-0.4, -0.2) is 23.5 Å². The van der Waals surface area contributed by atoms with Crippen molar-refractivity contribution in [1.82, 2.24) is 0 Å². The van der Waals surface area contributed by atoms with Gasteiger partial charge in [0, 0.05) is 22.8 Å². The van der Waals surface area contributed by atoms with Gasteiger partial charge in [-0.15, -0.1) is 0 Å². The fourth-order valence-electron chi connectivity index (χ4n) is 2.01. The molecule has 0 aliphatic heterocycles. The summed E-state index contributed by atoms with van der Waals surface area (Å²) in [6, 6.07) is 14.7. The third-order valence-electron chi connectivity index (χ3n) is 3.24. The van der Waals surface area contributed by atoms with Gasteiger partial charge in [-0.25, -0.2) is 9.00 Å². The molecule has 4 nitrogen and oxygen atoms in total. The number of rotatable bonds is 4. The second-order valence-corrected chi connectivity index (χ2v) is 7.38. The summed E-state index contributed by atoms with van der Waals surface area (Å²) in [4.78, 5) is 11.9. The molecule has 0 aliphatic carbocycles. The van der Waals surface area contributed by atoms with E-state index < -0.39 is 15.7 Å². The van der Waals surface area contributed by atoms with Crippen molar-refractivity contribution < 1.29 is 13.7 Å². The molecule has 5 heteroatoms. The van der Waals surface area contributed by atoms with Crippen molar-refractivity contribution in [3.05, 3.63) is 65.7 Å². The van der Waals surface area contributed by atoms with E-state index in [1.807, 2.05) is 43.3 Å². The molecule has 0 saturated heterocycles. The number of ether oxygens (including phenoxy) is 1. The standard InChI is InChI=1S/C18H19NO3S/c1-14-9-10-15(11-12-18(20)22-2)17(13-14)19-23(3,21)16-7-5-4-6-8-16/h4-13H,1-3H3/b12-11+/t23-/m0/s1. The maximum atomic E-state index is 12.9. The fraction of sp³-hybridized carbons (Fsp3) is 0.167. The second-order valence-electron chi connectivity index (χ2n) is 5.13. The highest BCUT2D eigenvalue weighted by atomic mass is 32.2. The summed E-state index contributed by atoms with van der Waals surface area (Å²) in [5.41, 5.74) is 2.30. The lowest BCUT2D eigenvalue weighted by atomic mass is 10.1. The van der Waals surface area contributed by atoms with Gasteiger partial charge in [-0.3, -0.25) is 0 Å². The van der Waals surface area contributed by atoms with E-state index in [2.05, 4.69) is 9.10 Å². The predicted molar refractivity (Wildman–Crippen MR) is 93.1 cm³/mol. The first-order valence-corrected chi connectivity index (χ1v) is 8.98. The lowest BCUT2D eigenvalue weighted by Gasteiger charge is -2.07. The Morgan fingerprint density at radius 2 is 1.87 bits per heavy atom. The fourth-order valence-corrected chi connectivity index (χ4v) is 3.31. The van der Waals surface area contributed by atoms with Crippen LogP contribution in [0.25, 0.3) is 6.08 Å². The van der Waals surface area contributed by atoms with Crippen molar-refractivity contribution >= 4 is 27.5 Å². The molecular formula is C18H19NO3S. The zero-order chi connectivity index (χ0) is 16.9. The number of carbonyl (C=O) groups is 1. The third-order valence-corrected chi connectivity index (χ3v) is 4.93. The molecule has 0 spiro atoms. The first-order chi connectivity index (χ1) is 10.9. The van der Waals surface area contributed by atoms with Crippen molar-refractivity contribution in [3.8, 4) is 0 Å². The van der Waals surface area contributed by atoms with E-state index in [9.17, 15) is 9.00 Å². The topological polar surface area (TPSA) is 55.7 Å². The number of hydrogen-bond acceptors (Lipinski definition) is 4. The minimum atomic E-state index is -2.57. The van der Waals surface area contributed by atoms with Gasteiger partial charge in [0.15, 0.2) is 0 Å². The summed E-state index contributed by atoms with van der Waals surface area (Å²) < 4.78 is 22.0. The first kappa shape index (κ1) is 17.0. The van der Waals surface area contributed by atoms with Gasteiger partial charge >= 0.3 is 5.97 Å². The molecule has 0 unspecified atom stereocenters. The van der Waals surface area contributed by atoms with E-state index in [1.165, 1.54) is 13.2 Å². The van der Waals surface area contributed by atoms with Crippen LogP contribution >= 0.6 is 0 Å². The number of nitrogens with zero attached hydrogens (tertiary/aromatic N) is 1. The Hall–Kier alpha value is -2.40. The third kappa shape index (κ3) is 4.53. The minimum absolute atomic E-state index is 0.447. The Morgan fingerprint density at radius 1 is 1.17 bits per heavy atom. The smallest absolute Gasteiger partial charge is 0.330 e. The van der Waals surface area contributed by atoms with Gasteiger partial charge in [0.05, 0.1) is 22.5 Å². The summed E-state index contributed by atoms with van der Waals surface area (Å²) in [6.07, 6.45) is 4.55. The maximum absolute atomic E-state index is 12.9. The van der Waals surface area contributed by atoms with Crippen LogP contribution in [0.3, 0.4) is 0 Å². The van der Waals surface area contributed by atoms with Crippen molar-refractivity contribution in [1.29, 1.82) is 0 Å². The second kappa shape index (κ2) is 7.24. The molecule has 1 atom stereocenters. The molecular weight excluding hydrogens is 310 g/mol. The average molecular weight is 329 g/mol. The Labute approximate surface area is 137 Å². The predicted octanol–water partition coefficient (Wildman–Crippen LogP) is 3.97. The lowest BCUT2D eigenvalue weighted by Crippen LogP contribution is -1.97. The zero-order valence-electron chi connectivity index (χ0n) is 13.4. The van der Waals surface area contributed by atoms with Gasteiger partial charge < -0.3 is 4.74 Å². The van der Waals surface area contributed by atoms with E-state index in [-0.39, 0.29) is 0 Å². The Balaban J connectivity index is 2.52. The molecule has 0 bridgehead atoms. The summed E-state index contributed by atoms with van der Waals surface area (Å²) in [5, 5.41) is 0. The minimum Gasteiger partial charge on any atom is -0.466 e. The molecule has 0 aliphatic rings. The van der Waals surface area contributed by atoms with Crippen LogP contribution in [-0.2, 0) is 19.3 Å². The Morgan fingerprint density at radius 3 is 2.52 bits per heavy atom. The number of esters is 1. The van der Waals surface area contributed by atoms with Gasteiger partial charge in [0.1, 0.15) is 0 Å². The van der Waals surface area contributed by atoms with E-state index in [4.69, 9.17) is 0 Å². The molecule has 0 N–H and O–H groups in total. The van der Waals surface area contributed by atoms with Crippen molar-refractivity contribution in [3.63, 3.8) is 0 Å². The van der Waals surface area contributed by atoms with Crippen LogP contribution in [0.4, 0.5) is 5.69 Å². The zero-order valence-corrected chi connectivity index (χ0v) is 14.2. The molecule has 0 heterocycles. The van der Waals surface area contributed by atoms with Gasteiger partial charge in [-0.2, -0.15) is 4.36 Å². The molecule has 2 rings (SSSR count). The quantitative estimate of drug-likeness (QED) is 0.630. The molecule has 23 heavy (non-hydrogen) atoms. The number of aryl methyl sites for hydroxylation is 1. The average Bonchev–Trinajstić information content (AvgIpc) is 2.54.